The first kappa shape index (κ1) is 15.3. The van der Waals surface area contributed by atoms with Gasteiger partial charge in [0, 0.05) is 19.1 Å². The molecule has 24 heavy (non-hydrogen) atoms. The third-order valence-corrected chi connectivity index (χ3v) is 4.83. The average Bonchev–Trinajstić information content (AvgIpc) is 3.14. The summed E-state index contributed by atoms with van der Waals surface area (Å²) in [4.78, 5) is 6.50. The molecule has 2 atom stereocenters. The lowest BCUT2D eigenvalue weighted by Crippen LogP contribution is -2.45. The summed E-state index contributed by atoms with van der Waals surface area (Å²) in [5.74, 6) is 0. The van der Waals surface area contributed by atoms with Gasteiger partial charge in [0.25, 0.3) is 0 Å². The second kappa shape index (κ2) is 6.71. The minimum absolute atomic E-state index is 0.156. The third-order valence-electron chi connectivity index (χ3n) is 4.83. The van der Waals surface area contributed by atoms with E-state index in [9.17, 15) is 0 Å². The maximum atomic E-state index is 5.91. The van der Waals surface area contributed by atoms with Crippen LogP contribution < -0.4 is 0 Å². The van der Waals surface area contributed by atoms with E-state index in [0.717, 1.165) is 26.2 Å². The second-order valence-electron chi connectivity index (χ2n) is 6.39. The van der Waals surface area contributed by atoms with Crippen molar-refractivity contribution in [3.05, 3.63) is 60.7 Å². The van der Waals surface area contributed by atoms with Crippen molar-refractivity contribution in [1.82, 2.24) is 19.7 Å². The van der Waals surface area contributed by atoms with Crippen LogP contribution in [-0.2, 0) is 11.3 Å². The van der Waals surface area contributed by atoms with Gasteiger partial charge in [-0.1, -0.05) is 36.4 Å². The van der Waals surface area contributed by atoms with Crippen LogP contribution in [0.25, 0.3) is 10.8 Å². The predicted molar refractivity (Wildman–Crippen MR) is 93.7 cm³/mol. The molecule has 3 aromatic rings. The zero-order valence-corrected chi connectivity index (χ0v) is 13.9. The van der Waals surface area contributed by atoms with Crippen molar-refractivity contribution in [1.29, 1.82) is 0 Å². The van der Waals surface area contributed by atoms with Crippen LogP contribution in [0.15, 0.2) is 55.1 Å². The second-order valence-corrected chi connectivity index (χ2v) is 6.39. The monoisotopic (exact) mass is 322 g/mol. The summed E-state index contributed by atoms with van der Waals surface area (Å²) in [5, 5.41) is 6.77. The fraction of sp³-hybridized carbons (Fsp3) is 0.368. The van der Waals surface area contributed by atoms with Crippen LogP contribution in [0.5, 0.6) is 0 Å². The summed E-state index contributed by atoms with van der Waals surface area (Å²) in [6.45, 7) is 5.66. The van der Waals surface area contributed by atoms with Crippen LogP contribution in [-0.4, -0.2) is 45.5 Å². The van der Waals surface area contributed by atoms with E-state index in [-0.39, 0.29) is 6.10 Å². The summed E-state index contributed by atoms with van der Waals surface area (Å²) in [5.41, 5.74) is 1.36. The molecule has 124 valence electrons. The lowest BCUT2D eigenvalue weighted by Gasteiger charge is -2.37. The largest absolute Gasteiger partial charge is 0.374 e. The van der Waals surface area contributed by atoms with E-state index in [2.05, 4.69) is 64.4 Å². The highest BCUT2D eigenvalue weighted by molar-refractivity contribution is 5.83. The van der Waals surface area contributed by atoms with E-state index in [4.69, 9.17) is 4.74 Å². The quantitative estimate of drug-likeness (QED) is 0.741. The fourth-order valence-corrected chi connectivity index (χ4v) is 3.42. The molecule has 0 amide bonds. The first-order chi connectivity index (χ1) is 11.8. The number of fused-ring (bicyclic) bond motifs is 1. The van der Waals surface area contributed by atoms with Crippen molar-refractivity contribution in [3.8, 4) is 0 Å². The molecule has 0 N–H and O–H groups in total. The van der Waals surface area contributed by atoms with Crippen molar-refractivity contribution >= 4 is 10.8 Å². The molecule has 1 aromatic heterocycles. The van der Waals surface area contributed by atoms with Crippen molar-refractivity contribution in [2.45, 2.75) is 25.6 Å². The Hall–Kier alpha value is -2.24. The zero-order chi connectivity index (χ0) is 16.4. The van der Waals surface area contributed by atoms with Crippen molar-refractivity contribution in [2.24, 2.45) is 0 Å². The van der Waals surface area contributed by atoms with Crippen LogP contribution >= 0.6 is 0 Å². The Morgan fingerprint density at radius 1 is 1.21 bits per heavy atom. The Kier molecular flexibility index (Phi) is 4.28. The molecule has 0 unspecified atom stereocenters. The van der Waals surface area contributed by atoms with Gasteiger partial charge in [-0.25, -0.2) is 4.98 Å². The molecule has 4 rings (SSSR count). The van der Waals surface area contributed by atoms with Crippen LogP contribution in [0.4, 0.5) is 0 Å². The van der Waals surface area contributed by atoms with Crippen LogP contribution in [0.3, 0.4) is 0 Å². The Bertz CT molecular complexity index is 802. The topological polar surface area (TPSA) is 43.2 Å². The molecule has 0 bridgehead atoms. The molecule has 0 aliphatic carbocycles. The van der Waals surface area contributed by atoms with Gasteiger partial charge in [-0.15, -0.1) is 0 Å². The van der Waals surface area contributed by atoms with Gasteiger partial charge in [0.05, 0.1) is 19.3 Å². The number of morpholine rings is 1. The molecule has 5 heteroatoms. The number of ether oxygens (including phenoxy) is 1. The van der Waals surface area contributed by atoms with E-state index in [1.807, 2.05) is 4.68 Å². The van der Waals surface area contributed by atoms with Gasteiger partial charge in [0.2, 0.25) is 0 Å². The highest BCUT2D eigenvalue weighted by atomic mass is 16.5. The van der Waals surface area contributed by atoms with Gasteiger partial charge < -0.3 is 4.74 Å². The van der Waals surface area contributed by atoms with Crippen LogP contribution in [0.1, 0.15) is 18.5 Å². The molecule has 2 heterocycles. The molecule has 5 nitrogen and oxygen atoms in total. The smallest absolute Gasteiger partial charge is 0.137 e. The summed E-state index contributed by atoms with van der Waals surface area (Å²) >= 11 is 0. The molecule has 0 radical (unpaired) electrons. The Balaban J connectivity index is 1.48. The predicted octanol–water partition coefficient (Wildman–Crippen LogP) is 2.89. The molecule has 0 spiro atoms. The number of aromatic nitrogens is 3. The van der Waals surface area contributed by atoms with E-state index in [0.29, 0.717) is 6.04 Å². The molecular formula is C19H22N4O. The third kappa shape index (κ3) is 3.18. The average molecular weight is 322 g/mol. The van der Waals surface area contributed by atoms with Gasteiger partial charge >= 0.3 is 0 Å². The summed E-state index contributed by atoms with van der Waals surface area (Å²) in [6.07, 6.45) is 3.47. The molecule has 2 aromatic carbocycles. The SMILES string of the molecule is C[C@@H](c1ccc2ccccc2c1)N1CCO[C@H](Cn2cncn2)C1. The maximum Gasteiger partial charge on any atom is 0.137 e. The Labute approximate surface area is 141 Å². The first-order valence-electron chi connectivity index (χ1n) is 8.46. The molecule has 0 saturated carbocycles. The maximum absolute atomic E-state index is 5.91. The summed E-state index contributed by atoms with van der Waals surface area (Å²) < 4.78 is 7.75. The summed E-state index contributed by atoms with van der Waals surface area (Å²) in [7, 11) is 0. The van der Waals surface area contributed by atoms with Crippen molar-refractivity contribution in [2.75, 3.05) is 19.7 Å². The Morgan fingerprint density at radius 2 is 2.08 bits per heavy atom. The van der Waals surface area contributed by atoms with Crippen molar-refractivity contribution < 1.29 is 4.74 Å². The van der Waals surface area contributed by atoms with E-state index < -0.39 is 0 Å². The number of hydrogen-bond acceptors (Lipinski definition) is 4. The number of benzene rings is 2. The van der Waals surface area contributed by atoms with Gasteiger partial charge in [-0.05, 0) is 29.3 Å². The first-order valence-corrected chi connectivity index (χ1v) is 8.46. The number of rotatable bonds is 4. The Morgan fingerprint density at radius 3 is 2.92 bits per heavy atom. The van der Waals surface area contributed by atoms with Crippen molar-refractivity contribution in [3.63, 3.8) is 0 Å². The van der Waals surface area contributed by atoms with Gasteiger partial charge in [-0.3, -0.25) is 9.58 Å². The van der Waals surface area contributed by atoms with Gasteiger partial charge in [0.15, 0.2) is 0 Å². The number of hydrogen-bond donors (Lipinski definition) is 0. The standard InChI is InChI=1S/C19H22N4O/c1-15(17-7-6-16-4-2-3-5-18(16)10-17)22-8-9-24-19(11-22)12-23-14-20-13-21-23/h2-7,10,13-15,19H,8-9,11-12H2,1H3/t15-,19-/m0/s1. The lowest BCUT2D eigenvalue weighted by molar-refractivity contribution is -0.0497. The summed E-state index contributed by atoms with van der Waals surface area (Å²) in [6, 6.07) is 15.7. The fourth-order valence-electron chi connectivity index (χ4n) is 3.42. The van der Waals surface area contributed by atoms with Gasteiger partial charge in [0.1, 0.15) is 12.7 Å². The minimum atomic E-state index is 0.156. The molecule has 1 aliphatic rings. The molecule has 1 aliphatic heterocycles. The van der Waals surface area contributed by atoms with Crippen LogP contribution in [0, 0.1) is 0 Å². The number of nitrogens with zero attached hydrogens (tertiary/aromatic N) is 4. The van der Waals surface area contributed by atoms with Crippen LogP contribution in [0.2, 0.25) is 0 Å². The van der Waals surface area contributed by atoms with E-state index >= 15 is 0 Å². The van der Waals surface area contributed by atoms with E-state index in [1.165, 1.54) is 16.3 Å². The van der Waals surface area contributed by atoms with E-state index in [1.54, 1.807) is 12.7 Å². The molecular weight excluding hydrogens is 300 g/mol. The lowest BCUT2D eigenvalue weighted by atomic mass is 10.0. The highest BCUT2D eigenvalue weighted by Crippen LogP contribution is 2.26. The normalized spacial score (nSPS) is 20.3. The molecule has 1 fully saturated rings. The minimum Gasteiger partial charge on any atom is -0.374 e. The highest BCUT2D eigenvalue weighted by Gasteiger charge is 2.25. The molecule has 1 saturated heterocycles. The van der Waals surface area contributed by atoms with Gasteiger partial charge in [-0.2, -0.15) is 5.10 Å². The zero-order valence-electron chi connectivity index (χ0n) is 13.9.